The number of benzene rings is 1. The van der Waals surface area contributed by atoms with Crippen LogP contribution in [0.15, 0.2) is 24.3 Å². The van der Waals surface area contributed by atoms with E-state index in [0.29, 0.717) is 5.92 Å². The summed E-state index contributed by atoms with van der Waals surface area (Å²) in [5.74, 6) is 0.608. The van der Waals surface area contributed by atoms with Gasteiger partial charge in [0, 0.05) is 5.92 Å². The average Bonchev–Trinajstić information content (AvgIpc) is 3.23. The van der Waals surface area contributed by atoms with Crippen LogP contribution in [0, 0.1) is 29.6 Å². The molecule has 0 radical (unpaired) electrons. The van der Waals surface area contributed by atoms with Crippen molar-refractivity contribution >= 4 is 0 Å². The number of rotatable bonds is 7. The highest BCUT2D eigenvalue weighted by atomic mass is 19.3. The van der Waals surface area contributed by atoms with Crippen LogP contribution in [0.2, 0.25) is 0 Å². The maximum absolute atomic E-state index is 13.3. The Kier molecular flexibility index (Phi) is 6.51. The summed E-state index contributed by atoms with van der Waals surface area (Å²) >= 11 is 0. The third-order valence-corrected chi connectivity index (χ3v) is 8.40. The van der Waals surface area contributed by atoms with Gasteiger partial charge in [-0.15, -0.1) is 0 Å². The van der Waals surface area contributed by atoms with Gasteiger partial charge in [-0.25, -0.2) is 8.78 Å². The summed E-state index contributed by atoms with van der Waals surface area (Å²) in [6, 6.07) is 8.26. The van der Waals surface area contributed by atoms with Crippen molar-refractivity contribution in [3.63, 3.8) is 0 Å². The highest BCUT2D eigenvalue weighted by Crippen LogP contribution is 2.54. The molecule has 0 amide bonds. The van der Waals surface area contributed by atoms with Gasteiger partial charge in [0.15, 0.2) is 0 Å². The van der Waals surface area contributed by atoms with Gasteiger partial charge in [0.25, 0.3) is 5.92 Å². The predicted molar refractivity (Wildman–Crippen MR) is 115 cm³/mol. The van der Waals surface area contributed by atoms with Crippen LogP contribution in [-0.4, -0.2) is 12.5 Å². The van der Waals surface area contributed by atoms with E-state index in [1.54, 1.807) is 6.92 Å². The van der Waals surface area contributed by atoms with Gasteiger partial charge in [-0.2, -0.15) is 0 Å². The molecule has 1 aromatic rings. The maximum atomic E-state index is 13.3. The van der Waals surface area contributed by atoms with E-state index in [0.717, 1.165) is 23.5 Å². The number of alkyl halides is 2. The Morgan fingerprint density at radius 2 is 1.45 bits per heavy atom. The highest BCUT2D eigenvalue weighted by Gasteiger charge is 2.65. The fourth-order valence-corrected chi connectivity index (χ4v) is 6.12. The van der Waals surface area contributed by atoms with Crippen LogP contribution in [0.3, 0.4) is 0 Å². The van der Waals surface area contributed by atoms with E-state index in [1.807, 2.05) is 12.1 Å². The second-order valence-corrected chi connectivity index (χ2v) is 10.1. The molecule has 3 heteroatoms. The van der Waals surface area contributed by atoms with Crippen LogP contribution in [0.5, 0.6) is 5.75 Å². The summed E-state index contributed by atoms with van der Waals surface area (Å²) in [6.45, 7) is 4.04. The number of hydrogen-bond acceptors (Lipinski definition) is 1. The summed E-state index contributed by atoms with van der Waals surface area (Å²) in [5, 5.41) is 0. The zero-order chi connectivity index (χ0) is 20.4. The summed E-state index contributed by atoms with van der Waals surface area (Å²) in [4.78, 5) is 0. The molecule has 0 unspecified atom stereocenters. The van der Waals surface area contributed by atoms with Crippen LogP contribution in [0.25, 0.3) is 0 Å². The van der Waals surface area contributed by atoms with Crippen molar-refractivity contribution in [2.45, 2.75) is 89.9 Å². The standard InChI is InChI=1S/C26H38F2O/c1-3-4-19-5-7-20(8-6-19)21-9-11-22(12-10-21)23-13-15-24(16-14-23)29-17-25-18(2)26(25,27)28/h13-16,18-22,25H,3-12,17H2,1-2H3/t18-,19-,20-,21?,22?,25-/m1/s1. The van der Waals surface area contributed by atoms with E-state index in [9.17, 15) is 8.78 Å². The molecule has 3 aliphatic rings. The van der Waals surface area contributed by atoms with Gasteiger partial charge in [-0.05, 0) is 79.9 Å². The van der Waals surface area contributed by atoms with Crippen molar-refractivity contribution in [2.24, 2.45) is 29.6 Å². The lowest BCUT2D eigenvalue weighted by atomic mass is 9.68. The zero-order valence-electron chi connectivity index (χ0n) is 18.2. The van der Waals surface area contributed by atoms with Gasteiger partial charge in [0.1, 0.15) is 5.75 Å². The van der Waals surface area contributed by atoms with Gasteiger partial charge in [-0.1, -0.05) is 51.7 Å². The molecule has 1 nitrogen and oxygen atoms in total. The molecule has 4 rings (SSSR count). The normalized spacial score (nSPS) is 36.6. The lowest BCUT2D eigenvalue weighted by Crippen LogP contribution is -2.25. The van der Waals surface area contributed by atoms with E-state index >= 15 is 0 Å². The minimum atomic E-state index is -2.53. The van der Waals surface area contributed by atoms with E-state index < -0.39 is 17.8 Å². The number of ether oxygens (including phenoxy) is 1. The highest BCUT2D eigenvalue weighted by molar-refractivity contribution is 5.30. The molecule has 0 heterocycles. The van der Waals surface area contributed by atoms with Crippen molar-refractivity contribution in [3.05, 3.63) is 29.8 Å². The van der Waals surface area contributed by atoms with Crippen LogP contribution in [0.1, 0.15) is 89.5 Å². The second kappa shape index (κ2) is 8.94. The quantitative estimate of drug-likeness (QED) is 0.449. The maximum Gasteiger partial charge on any atom is 0.257 e. The molecular formula is C26H38F2O. The zero-order valence-corrected chi connectivity index (χ0v) is 18.2. The summed E-state index contributed by atoms with van der Waals surface area (Å²) in [7, 11) is 0. The Morgan fingerprint density at radius 1 is 0.897 bits per heavy atom. The SMILES string of the molecule is CCC[C@H]1CC[C@H](C2CCC(c3ccc(OC[C@@H]4[C@@H](C)C4(F)F)cc3)CC2)CC1. The molecule has 1 aromatic carbocycles. The number of halogens is 2. The van der Waals surface area contributed by atoms with E-state index in [1.165, 1.54) is 69.8 Å². The largest absolute Gasteiger partial charge is 0.493 e. The molecule has 0 spiro atoms. The molecule has 3 aliphatic carbocycles. The Bertz CT molecular complexity index is 639. The molecule has 29 heavy (non-hydrogen) atoms. The Labute approximate surface area is 175 Å². The molecular weight excluding hydrogens is 366 g/mol. The fourth-order valence-electron chi connectivity index (χ4n) is 6.12. The molecule has 0 aliphatic heterocycles. The Balaban J connectivity index is 1.21. The molecule has 0 N–H and O–H groups in total. The molecule has 0 aromatic heterocycles. The van der Waals surface area contributed by atoms with Gasteiger partial charge in [0.05, 0.1) is 12.5 Å². The van der Waals surface area contributed by atoms with E-state index in [2.05, 4.69) is 19.1 Å². The monoisotopic (exact) mass is 404 g/mol. The van der Waals surface area contributed by atoms with Crippen molar-refractivity contribution in [1.29, 1.82) is 0 Å². The van der Waals surface area contributed by atoms with Gasteiger partial charge >= 0.3 is 0 Å². The predicted octanol–water partition coefficient (Wildman–Crippen LogP) is 7.85. The second-order valence-electron chi connectivity index (χ2n) is 10.1. The smallest absolute Gasteiger partial charge is 0.257 e. The van der Waals surface area contributed by atoms with Crippen molar-refractivity contribution in [2.75, 3.05) is 6.61 Å². The molecule has 3 saturated carbocycles. The van der Waals surface area contributed by atoms with Crippen LogP contribution in [-0.2, 0) is 0 Å². The Hall–Kier alpha value is -1.12. The van der Waals surface area contributed by atoms with Crippen LogP contribution in [0.4, 0.5) is 8.78 Å². The minimum Gasteiger partial charge on any atom is -0.493 e. The van der Waals surface area contributed by atoms with Crippen molar-refractivity contribution < 1.29 is 13.5 Å². The van der Waals surface area contributed by atoms with Gasteiger partial charge in [-0.3, -0.25) is 0 Å². The lowest BCUT2D eigenvalue weighted by molar-refractivity contribution is 0.0765. The Morgan fingerprint density at radius 3 is 1.97 bits per heavy atom. The summed E-state index contributed by atoms with van der Waals surface area (Å²) in [5.41, 5.74) is 1.40. The van der Waals surface area contributed by atoms with Crippen LogP contribution < -0.4 is 4.74 Å². The van der Waals surface area contributed by atoms with Crippen LogP contribution >= 0.6 is 0 Å². The first kappa shape index (κ1) is 21.1. The first-order valence-electron chi connectivity index (χ1n) is 12.1. The van der Waals surface area contributed by atoms with Gasteiger partial charge < -0.3 is 4.74 Å². The van der Waals surface area contributed by atoms with Crippen molar-refractivity contribution in [1.82, 2.24) is 0 Å². The van der Waals surface area contributed by atoms with Crippen molar-refractivity contribution in [3.8, 4) is 5.75 Å². The lowest BCUT2D eigenvalue weighted by Gasteiger charge is -2.38. The minimum absolute atomic E-state index is 0.124. The summed E-state index contributed by atoms with van der Waals surface area (Å²) < 4.78 is 32.3. The molecule has 2 atom stereocenters. The summed E-state index contributed by atoms with van der Waals surface area (Å²) in [6.07, 6.45) is 14.0. The molecule has 162 valence electrons. The third-order valence-electron chi connectivity index (χ3n) is 8.40. The molecule has 3 fully saturated rings. The first-order chi connectivity index (χ1) is 14.0. The van der Waals surface area contributed by atoms with E-state index in [-0.39, 0.29) is 6.61 Å². The third kappa shape index (κ3) is 4.80. The molecule has 0 saturated heterocycles. The fraction of sp³-hybridized carbons (Fsp3) is 0.769. The first-order valence-corrected chi connectivity index (χ1v) is 12.1. The number of hydrogen-bond donors (Lipinski definition) is 0. The van der Waals surface area contributed by atoms with E-state index in [4.69, 9.17) is 4.74 Å². The van der Waals surface area contributed by atoms with Gasteiger partial charge in [0.2, 0.25) is 0 Å². The molecule has 0 bridgehead atoms. The average molecular weight is 405 g/mol. The topological polar surface area (TPSA) is 9.23 Å².